The minimum Gasteiger partial charge on any atom is -0.383 e. The molecule has 0 unspecified atom stereocenters. The zero-order chi connectivity index (χ0) is 23.0. The van der Waals surface area contributed by atoms with Crippen molar-refractivity contribution in [1.82, 2.24) is 0 Å². The number of rotatable bonds is 17. The van der Waals surface area contributed by atoms with Crippen LogP contribution < -0.4 is 9.80 Å². The van der Waals surface area contributed by atoms with E-state index in [1.54, 1.807) is 28.4 Å². The topological polar surface area (TPSA) is 43.4 Å². The van der Waals surface area contributed by atoms with Crippen molar-refractivity contribution >= 4 is 11.4 Å². The molecule has 0 aliphatic heterocycles. The molecular weight excluding hydrogens is 404 g/mol. The molecule has 0 spiro atoms. The highest BCUT2D eigenvalue weighted by Gasteiger charge is 2.08. The van der Waals surface area contributed by atoms with Crippen molar-refractivity contribution in [2.75, 3.05) is 90.8 Å². The molecule has 0 saturated heterocycles. The Morgan fingerprint density at radius 2 is 0.750 bits per heavy atom. The van der Waals surface area contributed by atoms with Crippen molar-refractivity contribution in [2.24, 2.45) is 0 Å². The summed E-state index contributed by atoms with van der Waals surface area (Å²) < 4.78 is 21.0. The van der Waals surface area contributed by atoms with Crippen molar-refractivity contribution in [1.29, 1.82) is 0 Å². The molecule has 0 N–H and O–H groups in total. The van der Waals surface area contributed by atoms with Crippen LogP contribution in [0.1, 0.15) is 11.1 Å². The van der Waals surface area contributed by atoms with Crippen LogP contribution in [0.5, 0.6) is 0 Å². The maximum absolute atomic E-state index is 5.25. The average Bonchev–Trinajstić information content (AvgIpc) is 2.84. The van der Waals surface area contributed by atoms with E-state index < -0.39 is 0 Å². The molecule has 2 aromatic carbocycles. The lowest BCUT2D eigenvalue weighted by molar-refractivity contribution is 0.190. The number of ether oxygens (including phenoxy) is 4. The summed E-state index contributed by atoms with van der Waals surface area (Å²) in [5.74, 6) is 0. The van der Waals surface area contributed by atoms with Gasteiger partial charge >= 0.3 is 0 Å². The number of aryl methyl sites for hydroxylation is 2. The second-order valence-corrected chi connectivity index (χ2v) is 7.78. The van der Waals surface area contributed by atoms with Crippen molar-refractivity contribution in [2.45, 2.75) is 12.8 Å². The third-order valence-corrected chi connectivity index (χ3v) is 5.57. The van der Waals surface area contributed by atoms with Gasteiger partial charge in [-0.25, -0.2) is 0 Å². The summed E-state index contributed by atoms with van der Waals surface area (Å²) in [6.07, 6.45) is 2.04. The zero-order valence-electron chi connectivity index (χ0n) is 20.2. The number of hydrogen-bond acceptors (Lipinski definition) is 6. The van der Waals surface area contributed by atoms with Gasteiger partial charge in [-0.05, 0) is 48.2 Å². The molecule has 0 aromatic heterocycles. The second-order valence-electron chi connectivity index (χ2n) is 7.78. The summed E-state index contributed by atoms with van der Waals surface area (Å²) in [5, 5.41) is 0. The summed E-state index contributed by atoms with van der Waals surface area (Å²) in [6, 6.07) is 17.7. The van der Waals surface area contributed by atoms with E-state index in [0.717, 1.165) is 39.0 Å². The highest BCUT2D eigenvalue weighted by molar-refractivity contribution is 5.49. The van der Waals surface area contributed by atoms with Gasteiger partial charge in [0.25, 0.3) is 0 Å². The van der Waals surface area contributed by atoms with E-state index in [1.165, 1.54) is 22.5 Å². The van der Waals surface area contributed by atoms with Crippen molar-refractivity contribution in [3.8, 4) is 0 Å². The van der Waals surface area contributed by atoms with Crippen molar-refractivity contribution in [3.63, 3.8) is 0 Å². The summed E-state index contributed by atoms with van der Waals surface area (Å²) >= 11 is 0. The van der Waals surface area contributed by atoms with Crippen LogP contribution in [0.2, 0.25) is 0 Å². The van der Waals surface area contributed by atoms with Crippen LogP contribution in [-0.4, -0.2) is 81.0 Å². The van der Waals surface area contributed by atoms with E-state index in [0.29, 0.717) is 26.4 Å². The fourth-order valence-electron chi connectivity index (χ4n) is 3.58. The number of anilines is 2. The molecule has 0 bridgehead atoms. The van der Waals surface area contributed by atoms with Gasteiger partial charge < -0.3 is 28.7 Å². The van der Waals surface area contributed by atoms with E-state index in [2.05, 4.69) is 58.3 Å². The molecule has 0 fully saturated rings. The third kappa shape index (κ3) is 9.17. The Bertz CT molecular complexity index is 642. The van der Waals surface area contributed by atoms with Crippen LogP contribution in [0.25, 0.3) is 0 Å². The molecule has 0 atom stereocenters. The molecule has 0 amide bonds. The van der Waals surface area contributed by atoms with Crippen molar-refractivity contribution in [3.05, 3.63) is 59.7 Å². The smallest absolute Gasteiger partial charge is 0.0637 e. The molecule has 0 radical (unpaired) electrons. The monoisotopic (exact) mass is 444 g/mol. The van der Waals surface area contributed by atoms with Crippen LogP contribution in [0.4, 0.5) is 11.4 Å². The van der Waals surface area contributed by atoms with Crippen LogP contribution >= 0.6 is 0 Å². The van der Waals surface area contributed by atoms with Gasteiger partial charge in [0.05, 0.1) is 26.4 Å². The van der Waals surface area contributed by atoms with Gasteiger partial charge in [0.1, 0.15) is 0 Å². The summed E-state index contributed by atoms with van der Waals surface area (Å²) in [4.78, 5) is 4.60. The SMILES string of the molecule is COCCN(CCOC)c1ccc(CCc2ccc(N(CCOC)CCOC)cc2)cc1. The molecule has 0 aliphatic carbocycles. The molecule has 0 saturated carbocycles. The molecule has 32 heavy (non-hydrogen) atoms. The molecule has 6 heteroatoms. The van der Waals surface area contributed by atoms with E-state index >= 15 is 0 Å². The van der Waals surface area contributed by atoms with Crippen LogP contribution in [0.3, 0.4) is 0 Å². The highest BCUT2D eigenvalue weighted by Crippen LogP contribution is 2.19. The van der Waals surface area contributed by atoms with E-state index in [4.69, 9.17) is 18.9 Å². The Morgan fingerprint density at radius 1 is 0.469 bits per heavy atom. The Morgan fingerprint density at radius 3 is 1.00 bits per heavy atom. The van der Waals surface area contributed by atoms with Gasteiger partial charge in [0, 0.05) is 66.0 Å². The largest absolute Gasteiger partial charge is 0.383 e. The fourth-order valence-corrected chi connectivity index (χ4v) is 3.58. The normalized spacial score (nSPS) is 11.0. The van der Waals surface area contributed by atoms with Gasteiger partial charge in [-0.1, -0.05) is 24.3 Å². The van der Waals surface area contributed by atoms with Crippen LogP contribution in [0, 0.1) is 0 Å². The fraction of sp³-hybridized carbons (Fsp3) is 0.538. The van der Waals surface area contributed by atoms with Gasteiger partial charge in [0.2, 0.25) is 0 Å². The van der Waals surface area contributed by atoms with Gasteiger partial charge in [-0.15, -0.1) is 0 Å². The maximum Gasteiger partial charge on any atom is 0.0637 e. The lowest BCUT2D eigenvalue weighted by Gasteiger charge is -2.24. The number of methoxy groups -OCH3 is 4. The predicted octanol–water partition coefficient (Wildman–Crippen LogP) is 3.67. The molecule has 2 aromatic rings. The first-order valence-electron chi connectivity index (χ1n) is 11.3. The first-order chi connectivity index (χ1) is 15.7. The summed E-state index contributed by atoms with van der Waals surface area (Å²) in [7, 11) is 6.95. The highest BCUT2D eigenvalue weighted by atomic mass is 16.5. The Labute approximate surface area is 194 Å². The Hall–Kier alpha value is -2.12. The molecule has 6 nitrogen and oxygen atoms in total. The average molecular weight is 445 g/mol. The molecular formula is C26H40N2O4. The maximum atomic E-state index is 5.25. The molecule has 0 heterocycles. The first kappa shape index (κ1) is 26.1. The van der Waals surface area contributed by atoms with Crippen LogP contribution in [0.15, 0.2) is 48.5 Å². The minimum absolute atomic E-state index is 0.704. The van der Waals surface area contributed by atoms with Crippen LogP contribution in [-0.2, 0) is 31.8 Å². The molecule has 178 valence electrons. The predicted molar refractivity (Wildman–Crippen MR) is 132 cm³/mol. The van der Waals surface area contributed by atoms with Gasteiger partial charge in [0.15, 0.2) is 0 Å². The Balaban J connectivity index is 1.92. The van der Waals surface area contributed by atoms with Gasteiger partial charge in [-0.2, -0.15) is 0 Å². The van der Waals surface area contributed by atoms with Gasteiger partial charge in [-0.3, -0.25) is 0 Å². The summed E-state index contributed by atoms with van der Waals surface area (Å²) in [5.41, 5.74) is 5.11. The Kier molecular flexibility index (Phi) is 12.8. The second kappa shape index (κ2) is 15.6. The van der Waals surface area contributed by atoms with Crippen molar-refractivity contribution < 1.29 is 18.9 Å². The zero-order valence-corrected chi connectivity index (χ0v) is 20.2. The first-order valence-corrected chi connectivity index (χ1v) is 11.3. The van der Waals surface area contributed by atoms with E-state index in [1.807, 2.05) is 0 Å². The number of hydrogen-bond donors (Lipinski definition) is 0. The van der Waals surface area contributed by atoms with E-state index in [9.17, 15) is 0 Å². The standard InChI is InChI=1S/C26H40N2O4/c1-29-19-15-27(16-20-30-2)25-11-7-23(8-12-25)5-6-24-9-13-26(14-10-24)28(17-21-31-3)18-22-32-4/h7-14H,5-6,15-22H2,1-4H3. The summed E-state index contributed by atoms with van der Waals surface area (Å²) in [6.45, 7) is 6.25. The van der Waals surface area contributed by atoms with E-state index in [-0.39, 0.29) is 0 Å². The third-order valence-electron chi connectivity index (χ3n) is 5.57. The number of nitrogens with zero attached hydrogens (tertiary/aromatic N) is 2. The molecule has 2 rings (SSSR count). The lowest BCUT2D eigenvalue weighted by atomic mass is 10.0. The molecule has 0 aliphatic rings. The minimum atomic E-state index is 0.704. The lowest BCUT2D eigenvalue weighted by Crippen LogP contribution is -2.30. The quantitative estimate of drug-likeness (QED) is 0.371. The number of benzene rings is 2.